The maximum absolute atomic E-state index is 12.1. The number of quaternary nitrogens is 1. The van der Waals surface area contributed by atoms with Gasteiger partial charge in [-0.05, 0) is 30.3 Å². The lowest BCUT2D eigenvalue weighted by atomic mass is 10.1. The van der Waals surface area contributed by atoms with Gasteiger partial charge in [0.05, 0.1) is 29.6 Å². The number of sulfonamides is 1. The van der Waals surface area contributed by atoms with Crippen molar-refractivity contribution in [2.24, 2.45) is 5.14 Å². The normalized spacial score (nSPS) is 13.3. The number of methoxy groups -OCH3 is 1. The molecule has 3 rings (SSSR count). The smallest absolute Gasteiger partial charge is 0.429 e. The van der Waals surface area contributed by atoms with E-state index in [0.717, 1.165) is 7.05 Å². The van der Waals surface area contributed by atoms with Gasteiger partial charge >= 0.3 is 5.91 Å². The fourth-order valence-corrected chi connectivity index (χ4v) is 3.87. The molecule has 1 amide bonds. The third kappa shape index (κ3) is 4.18. The number of hydrogen-bond acceptors (Lipinski definition) is 6. The number of ether oxygens (including phenoxy) is 1. The number of benzene rings is 2. The molecule has 0 saturated carbocycles. The Balaban J connectivity index is 2.35. The number of nitrogens with zero attached hydrogens (tertiary/aromatic N) is 3. The van der Waals surface area contributed by atoms with Crippen LogP contribution in [0.3, 0.4) is 0 Å². The van der Waals surface area contributed by atoms with Crippen LogP contribution in [-0.2, 0) is 14.8 Å². The van der Waals surface area contributed by atoms with E-state index in [2.05, 4.69) is 5.10 Å². The highest BCUT2D eigenvalue weighted by molar-refractivity contribution is 7.89. The minimum Gasteiger partial charge on any atom is -0.495 e. The average molecular weight is 462 g/mol. The SMILES string of the molecule is C#CC(=O)[N+](C)(O)c1cc(-c2ccc(OC)c(Cl)c2)n(-c2ccccc2S(N)(=O)=O)n1. The fourth-order valence-electron chi connectivity index (χ4n) is 2.90. The molecular weight excluding hydrogens is 444 g/mol. The Morgan fingerprint density at radius 2 is 1.97 bits per heavy atom. The summed E-state index contributed by atoms with van der Waals surface area (Å²) in [7, 11) is -1.51. The van der Waals surface area contributed by atoms with Crippen molar-refractivity contribution in [3.63, 3.8) is 0 Å². The quantitative estimate of drug-likeness (QED) is 0.260. The van der Waals surface area contributed by atoms with E-state index < -0.39 is 20.6 Å². The van der Waals surface area contributed by atoms with E-state index in [-0.39, 0.29) is 21.4 Å². The molecule has 0 fully saturated rings. The summed E-state index contributed by atoms with van der Waals surface area (Å²) < 4.78 is 29.3. The Morgan fingerprint density at radius 3 is 2.55 bits per heavy atom. The summed E-state index contributed by atoms with van der Waals surface area (Å²) in [6.07, 6.45) is 5.16. The predicted molar refractivity (Wildman–Crippen MR) is 115 cm³/mol. The Kier molecular flexibility index (Phi) is 5.91. The highest BCUT2D eigenvalue weighted by atomic mass is 35.5. The average Bonchev–Trinajstić information content (AvgIpc) is 3.18. The summed E-state index contributed by atoms with van der Waals surface area (Å²) in [5, 5.41) is 20.6. The minimum absolute atomic E-state index is 0.103. The topological polar surface area (TPSA) is 125 Å². The molecule has 160 valence electrons. The van der Waals surface area contributed by atoms with Gasteiger partial charge in [-0.1, -0.05) is 28.4 Å². The second kappa shape index (κ2) is 8.14. The minimum atomic E-state index is -4.12. The first kappa shape index (κ1) is 22.5. The highest BCUT2D eigenvalue weighted by Gasteiger charge is 2.37. The van der Waals surface area contributed by atoms with Crippen molar-refractivity contribution in [1.82, 2.24) is 14.4 Å². The third-order valence-electron chi connectivity index (χ3n) is 4.51. The number of nitrogens with two attached hydrogens (primary N) is 1. The van der Waals surface area contributed by atoms with E-state index in [1.165, 1.54) is 36.1 Å². The second-order valence-electron chi connectivity index (χ2n) is 6.57. The molecule has 0 aliphatic heterocycles. The molecule has 1 atom stereocenters. The molecule has 3 aromatic rings. The fraction of sp³-hybridized carbons (Fsp3) is 0.100. The summed E-state index contributed by atoms with van der Waals surface area (Å²) in [5.74, 6) is 1.16. The first-order valence-corrected chi connectivity index (χ1v) is 10.6. The Labute approximate surface area is 183 Å². The van der Waals surface area contributed by atoms with Gasteiger partial charge in [-0.3, -0.25) is 0 Å². The molecule has 2 aromatic carbocycles. The van der Waals surface area contributed by atoms with E-state index in [4.69, 9.17) is 27.9 Å². The van der Waals surface area contributed by atoms with Crippen molar-refractivity contribution < 1.29 is 23.2 Å². The van der Waals surface area contributed by atoms with Gasteiger partial charge in [0.2, 0.25) is 10.0 Å². The summed E-state index contributed by atoms with van der Waals surface area (Å²) in [6.45, 7) is 0. The van der Waals surface area contributed by atoms with Crippen molar-refractivity contribution in [3.05, 3.63) is 53.6 Å². The van der Waals surface area contributed by atoms with E-state index in [1.54, 1.807) is 24.3 Å². The van der Waals surface area contributed by atoms with E-state index in [1.807, 2.05) is 5.92 Å². The second-order valence-corrected chi connectivity index (χ2v) is 8.51. The monoisotopic (exact) mass is 461 g/mol. The summed E-state index contributed by atoms with van der Waals surface area (Å²) in [4.78, 5) is 11.9. The van der Waals surface area contributed by atoms with E-state index >= 15 is 0 Å². The number of carbonyl (C=O) groups is 1. The van der Waals surface area contributed by atoms with Crippen molar-refractivity contribution in [2.75, 3.05) is 14.2 Å². The zero-order valence-corrected chi connectivity index (χ0v) is 18.1. The van der Waals surface area contributed by atoms with Crippen LogP contribution in [-0.4, -0.2) is 43.5 Å². The predicted octanol–water partition coefficient (Wildman–Crippen LogP) is 2.33. The van der Waals surface area contributed by atoms with Gasteiger partial charge in [-0.15, -0.1) is 11.5 Å². The van der Waals surface area contributed by atoms with Crippen molar-refractivity contribution >= 4 is 33.3 Å². The van der Waals surface area contributed by atoms with Crippen LogP contribution in [0.1, 0.15) is 0 Å². The van der Waals surface area contributed by atoms with Crippen LogP contribution in [0.25, 0.3) is 16.9 Å². The maximum Gasteiger partial charge on any atom is 0.429 e. The number of hydroxylamine groups is 2. The zero-order valence-electron chi connectivity index (χ0n) is 16.5. The number of hydrogen-bond donors (Lipinski definition) is 2. The molecule has 11 heteroatoms. The lowest BCUT2D eigenvalue weighted by Crippen LogP contribution is -2.47. The number of rotatable bonds is 5. The van der Waals surface area contributed by atoms with Crippen molar-refractivity contribution in [2.45, 2.75) is 4.90 Å². The molecule has 3 N–H and O–H groups in total. The van der Waals surface area contributed by atoms with Gasteiger partial charge in [-0.2, -0.15) is 0 Å². The van der Waals surface area contributed by atoms with Crippen LogP contribution in [0, 0.1) is 12.3 Å². The molecule has 0 radical (unpaired) electrons. The number of terminal acetylenes is 1. The summed E-state index contributed by atoms with van der Waals surface area (Å²) in [5.41, 5.74) is 0.923. The van der Waals surface area contributed by atoms with Gasteiger partial charge in [0.15, 0.2) is 0 Å². The first-order valence-electron chi connectivity index (χ1n) is 8.68. The number of para-hydroxylation sites is 1. The molecule has 0 bridgehead atoms. The number of aromatic nitrogens is 2. The molecule has 0 saturated heterocycles. The van der Waals surface area contributed by atoms with Crippen LogP contribution in [0.5, 0.6) is 5.75 Å². The van der Waals surface area contributed by atoms with Crippen LogP contribution in [0.4, 0.5) is 5.82 Å². The molecule has 1 aromatic heterocycles. The molecule has 0 spiro atoms. The van der Waals surface area contributed by atoms with Crippen LogP contribution < -0.4 is 14.5 Å². The number of primary sulfonamides is 1. The molecule has 31 heavy (non-hydrogen) atoms. The molecule has 1 unspecified atom stereocenters. The van der Waals surface area contributed by atoms with Crippen LogP contribution in [0.2, 0.25) is 5.02 Å². The Bertz CT molecular complexity index is 1330. The zero-order chi connectivity index (χ0) is 23.0. The molecule has 0 aliphatic rings. The third-order valence-corrected chi connectivity index (χ3v) is 5.76. The largest absolute Gasteiger partial charge is 0.495 e. The van der Waals surface area contributed by atoms with Crippen LogP contribution in [0.15, 0.2) is 53.4 Å². The summed E-state index contributed by atoms with van der Waals surface area (Å²) >= 11 is 6.25. The highest BCUT2D eigenvalue weighted by Crippen LogP contribution is 2.35. The maximum atomic E-state index is 12.1. The Hall–Kier alpha value is -3.20. The molecular formula is C20H18ClN4O5S+. The molecule has 0 aliphatic carbocycles. The van der Waals surface area contributed by atoms with Gasteiger partial charge in [0, 0.05) is 11.5 Å². The van der Waals surface area contributed by atoms with E-state index in [9.17, 15) is 18.4 Å². The molecule has 1 heterocycles. The van der Waals surface area contributed by atoms with Gasteiger partial charge < -0.3 is 4.74 Å². The van der Waals surface area contributed by atoms with Crippen molar-refractivity contribution in [3.8, 4) is 35.0 Å². The first-order chi connectivity index (χ1) is 14.5. The van der Waals surface area contributed by atoms with Crippen molar-refractivity contribution in [1.29, 1.82) is 0 Å². The van der Waals surface area contributed by atoms with Crippen LogP contribution >= 0.6 is 11.6 Å². The van der Waals surface area contributed by atoms with Gasteiger partial charge in [0.1, 0.15) is 17.7 Å². The Morgan fingerprint density at radius 1 is 1.29 bits per heavy atom. The summed E-state index contributed by atoms with van der Waals surface area (Å²) in [6, 6.07) is 12.1. The number of amides is 1. The number of carbonyl (C=O) groups excluding carboxylic acids is 1. The lowest BCUT2D eigenvalue weighted by Gasteiger charge is -2.15. The lowest BCUT2D eigenvalue weighted by molar-refractivity contribution is -0.149. The van der Waals surface area contributed by atoms with Gasteiger partial charge in [0.25, 0.3) is 5.82 Å². The van der Waals surface area contributed by atoms with E-state index in [0.29, 0.717) is 17.0 Å². The molecule has 9 nitrogen and oxygen atoms in total. The number of halogens is 1. The van der Waals surface area contributed by atoms with Gasteiger partial charge in [-0.25, -0.2) is 28.2 Å². The standard InChI is InChI=1S/C20H18ClN4O5S/c1-4-20(26)25(2,27)19-12-16(13-9-10-17(30-3)14(21)11-13)24(23-19)15-7-5-6-8-18(15)31(22,28)29/h1,5-12,27H,2-3H3,(H2,22,28,29)/q+1.